The second-order valence-corrected chi connectivity index (χ2v) is 22.9. The van der Waals surface area contributed by atoms with Crippen LogP contribution in [0.5, 0.6) is 0 Å². The Morgan fingerprint density at radius 3 is 1.12 bits per heavy atom. The molecule has 0 nitrogen and oxygen atoms in total. The van der Waals surface area contributed by atoms with Crippen LogP contribution >= 0.6 is 0 Å². The maximum Gasteiger partial charge on any atom is 0.0138 e. The molecule has 0 aliphatic rings. The molecule has 0 heterocycles. The minimum Gasteiger partial charge on any atom is -0.0785 e. The van der Waals surface area contributed by atoms with Crippen molar-refractivity contribution in [3.63, 3.8) is 0 Å². The predicted octanol–water partition coefficient (Wildman–Crippen LogP) is 23.0. The lowest BCUT2D eigenvalue weighted by Gasteiger charge is -2.31. The Bertz CT molecular complexity index is 2600. The summed E-state index contributed by atoms with van der Waals surface area (Å²) in [4.78, 5) is 0. The Labute approximate surface area is 445 Å². The lowest BCUT2D eigenvalue weighted by Crippen LogP contribution is -2.19. The van der Waals surface area contributed by atoms with Crippen molar-refractivity contribution in [2.24, 2.45) is 10.8 Å². The summed E-state index contributed by atoms with van der Waals surface area (Å²) in [6.45, 7) is 33.7. The van der Waals surface area contributed by atoms with E-state index in [-0.39, 0.29) is 58.8 Å². The van der Waals surface area contributed by atoms with E-state index >= 15 is 0 Å². The third-order valence-corrected chi connectivity index (χ3v) is 11.6. The van der Waals surface area contributed by atoms with Crippen LogP contribution in [0.1, 0.15) is 180 Å². The topological polar surface area (TPSA) is 0 Å². The number of fused-ring (bicyclic) bond motifs is 2. The lowest BCUT2D eigenvalue weighted by atomic mass is 9.73. The Hall–Kier alpha value is -5.98. The highest BCUT2D eigenvalue weighted by atomic mass is 14.3. The average Bonchev–Trinajstić information content (AvgIpc) is 3.29. The fourth-order valence-corrected chi connectivity index (χ4v) is 7.87. The second-order valence-electron chi connectivity index (χ2n) is 22.9. The zero-order chi connectivity index (χ0) is 49.3. The van der Waals surface area contributed by atoms with Gasteiger partial charge in [0.05, 0.1) is 0 Å². The molecule has 0 aromatic heterocycles. The molecule has 0 fully saturated rings. The quantitative estimate of drug-likeness (QED) is 0.166. The van der Waals surface area contributed by atoms with E-state index < -0.39 is 0 Å². The summed E-state index contributed by atoms with van der Waals surface area (Å²) < 4.78 is 0. The van der Waals surface area contributed by atoms with Gasteiger partial charge < -0.3 is 0 Å². The third-order valence-electron chi connectivity index (χ3n) is 11.6. The Morgan fingerprint density at radius 2 is 0.708 bits per heavy atom. The van der Waals surface area contributed by atoms with Gasteiger partial charge in [0.1, 0.15) is 0 Å². The molecule has 0 atom stereocenters. The molecule has 0 radical (unpaired) electrons. The van der Waals surface area contributed by atoms with E-state index in [0.29, 0.717) is 11.3 Å². The first-order chi connectivity index (χ1) is 31.4. The Balaban J connectivity index is 0. The van der Waals surface area contributed by atoms with Crippen molar-refractivity contribution in [3.8, 4) is 0 Å². The van der Waals surface area contributed by atoms with Crippen molar-refractivity contribution in [3.05, 3.63) is 246 Å². The molecule has 8 aromatic rings. The van der Waals surface area contributed by atoms with Crippen LogP contribution in [0.4, 0.5) is 0 Å². The Kier molecular flexibility index (Phi) is 29.1. The second kappa shape index (κ2) is 30.8. The van der Waals surface area contributed by atoms with Crippen molar-refractivity contribution in [1.29, 1.82) is 0 Å². The van der Waals surface area contributed by atoms with Gasteiger partial charge in [-0.05, 0) is 82.0 Å². The number of allylic oxidation sites excluding steroid dienone is 1. The van der Waals surface area contributed by atoms with Crippen LogP contribution in [0.25, 0.3) is 27.6 Å². The van der Waals surface area contributed by atoms with Crippen LogP contribution in [-0.4, -0.2) is 0 Å². The monoisotopic (exact) mass is 967 g/mol. The van der Waals surface area contributed by atoms with Gasteiger partial charge in [-0.3, -0.25) is 0 Å². The van der Waals surface area contributed by atoms with E-state index in [1.54, 1.807) is 0 Å². The molecule has 0 spiro atoms. The molecule has 0 aliphatic carbocycles. The summed E-state index contributed by atoms with van der Waals surface area (Å²) in [6.07, 6.45) is 4.39. The van der Waals surface area contributed by atoms with Gasteiger partial charge in [0, 0.05) is 5.92 Å². The molecule has 0 saturated heterocycles. The molecular formula is C72H102. The molecule has 0 saturated carbocycles. The maximum atomic E-state index is 2.30. The molecular weight excluding hydrogens is 865 g/mol. The summed E-state index contributed by atoms with van der Waals surface area (Å²) in [5, 5.41) is 5.36. The molecule has 390 valence electrons. The van der Waals surface area contributed by atoms with Gasteiger partial charge in [-0.15, -0.1) is 0 Å². The highest BCUT2D eigenvalue weighted by molar-refractivity contribution is 5.86. The molecule has 8 rings (SSSR count). The minimum absolute atomic E-state index is 0. The fourth-order valence-electron chi connectivity index (χ4n) is 7.87. The van der Waals surface area contributed by atoms with Crippen molar-refractivity contribution < 1.29 is 0 Å². The smallest absolute Gasteiger partial charge is 0.0138 e. The zero-order valence-electron chi connectivity index (χ0n) is 43.9. The lowest BCUT2D eigenvalue weighted by molar-refractivity contribution is 0.358. The molecule has 8 aromatic carbocycles. The highest BCUT2D eigenvalue weighted by Gasteiger charge is 2.27. The van der Waals surface area contributed by atoms with Gasteiger partial charge >= 0.3 is 0 Å². The van der Waals surface area contributed by atoms with Crippen LogP contribution in [0.15, 0.2) is 212 Å². The first-order valence-corrected chi connectivity index (χ1v) is 24.3. The maximum absolute atomic E-state index is 2.30. The molecule has 0 unspecified atom stereocenters. The van der Waals surface area contributed by atoms with E-state index in [1.807, 2.05) is 6.07 Å². The first kappa shape index (κ1) is 68.1. The van der Waals surface area contributed by atoms with Crippen LogP contribution in [0.2, 0.25) is 0 Å². The van der Waals surface area contributed by atoms with Crippen LogP contribution < -0.4 is 0 Å². The summed E-state index contributed by atoms with van der Waals surface area (Å²) in [7, 11) is 0. The van der Waals surface area contributed by atoms with Gasteiger partial charge in [0.25, 0.3) is 0 Å². The molecule has 0 heteroatoms. The molecule has 72 heavy (non-hydrogen) atoms. The van der Waals surface area contributed by atoms with Crippen molar-refractivity contribution >= 4 is 27.6 Å². The van der Waals surface area contributed by atoms with E-state index in [1.165, 1.54) is 54.9 Å². The summed E-state index contributed by atoms with van der Waals surface area (Å²) in [6, 6.07) is 72.8. The van der Waals surface area contributed by atoms with Crippen LogP contribution in [0, 0.1) is 10.8 Å². The van der Waals surface area contributed by atoms with Crippen molar-refractivity contribution in [1.82, 2.24) is 0 Å². The van der Waals surface area contributed by atoms with Crippen molar-refractivity contribution in [2.75, 3.05) is 0 Å². The summed E-state index contributed by atoms with van der Waals surface area (Å²) in [5.74, 6) is 0.449. The van der Waals surface area contributed by atoms with E-state index in [2.05, 4.69) is 316 Å². The number of hydrogen-bond acceptors (Lipinski definition) is 0. The molecule has 0 aliphatic heterocycles. The summed E-state index contributed by atoms with van der Waals surface area (Å²) >= 11 is 0. The van der Waals surface area contributed by atoms with Crippen LogP contribution in [-0.2, 0) is 16.2 Å². The Morgan fingerprint density at radius 1 is 0.319 bits per heavy atom. The predicted molar refractivity (Wildman–Crippen MR) is 333 cm³/mol. The van der Waals surface area contributed by atoms with Gasteiger partial charge in [0.2, 0.25) is 0 Å². The van der Waals surface area contributed by atoms with E-state index in [4.69, 9.17) is 0 Å². The average molecular weight is 968 g/mol. The van der Waals surface area contributed by atoms with E-state index in [0.717, 1.165) is 0 Å². The normalized spacial score (nSPS) is 11.1. The van der Waals surface area contributed by atoms with Crippen LogP contribution in [0.3, 0.4) is 0 Å². The molecule has 0 amide bonds. The molecule has 0 bridgehead atoms. The SMILES string of the molecule is C.C.C.C.C.CC(C)(C)/C=C/c1ccccc1.CC(C)(C)C(c1ccccc1)c1ccccc1.CC(C)(C)c1ccc2ccccc2c1.CC(C)(C)c1cccc2ccccc12.CC(C)(C)c1ccccc1. The van der Waals surface area contributed by atoms with Gasteiger partial charge in [-0.2, -0.15) is 0 Å². The van der Waals surface area contributed by atoms with Crippen molar-refractivity contribution in [2.45, 2.75) is 163 Å². The highest BCUT2D eigenvalue weighted by Crippen LogP contribution is 2.40. The van der Waals surface area contributed by atoms with Gasteiger partial charge in [0.15, 0.2) is 0 Å². The summed E-state index contributed by atoms with van der Waals surface area (Å²) in [5.41, 5.74) is 9.54. The molecule has 0 N–H and O–H groups in total. The van der Waals surface area contributed by atoms with Gasteiger partial charge in [-0.1, -0.05) is 359 Å². The van der Waals surface area contributed by atoms with E-state index in [9.17, 15) is 0 Å². The number of benzene rings is 8. The fraction of sp³-hybridized carbons (Fsp3) is 0.361. The minimum atomic E-state index is 0. The standard InChI is InChI=1S/C17H20.2C14H16.C12H16.C10H14.5CH4/c1-17(2,3)16(14-10-6-4-7-11-14)15-12-8-5-9-13-15;1-14(2,3)13-10-6-8-11-7-4-5-9-12(11)13;1-14(2,3)13-9-8-11-6-4-5-7-12(11)10-13;1-12(2,3)10-9-11-7-5-4-6-8-11;1-10(2,3)9-7-5-4-6-8-9;;;;;/h4-13,16H,1-3H3;2*4-10H,1-3H3;4-10H,1-3H3;4-8H,1-3H3;5*1H4/b;;;10-9+;;;;;;. The number of hydrogen-bond donors (Lipinski definition) is 0. The zero-order valence-corrected chi connectivity index (χ0v) is 43.9. The number of rotatable bonds is 3. The van der Waals surface area contributed by atoms with Gasteiger partial charge in [-0.25, -0.2) is 0 Å². The largest absolute Gasteiger partial charge is 0.0785 e. The first-order valence-electron chi connectivity index (χ1n) is 24.3. The third kappa shape index (κ3) is 23.1.